The average molecular weight is 316 g/mol. The minimum atomic E-state index is -0.479. The molecule has 1 aromatic rings. The first-order valence-electron chi connectivity index (χ1n) is 8.59. The Labute approximate surface area is 139 Å². The van der Waals surface area contributed by atoms with Gasteiger partial charge in [0.1, 0.15) is 0 Å². The van der Waals surface area contributed by atoms with Gasteiger partial charge in [0.05, 0.1) is 5.54 Å². The van der Waals surface area contributed by atoms with E-state index in [-0.39, 0.29) is 17.7 Å². The standard InChI is InChI=1S/C19H28N2O2/c1-19(2,3)21(18(23)16-13-9-6-10-14-16)20-17(22)15-11-7-4-5-8-12-15/h6,9-10,13-15H,4-5,7-8,11-12H2,1-3H3,(H,20,22). The van der Waals surface area contributed by atoms with Gasteiger partial charge in [-0.25, -0.2) is 5.01 Å². The second kappa shape index (κ2) is 7.62. The quantitative estimate of drug-likeness (QED) is 0.664. The minimum absolute atomic E-state index is 0.0194. The monoisotopic (exact) mass is 316 g/mol. The van der Waals surface area contributed by atoms with Gasteiger partial charge >= 0.3 is 0 Å². The first kappa shape index (κ1) is 17.5. The molecule has 0 atom stereocenters. The summed E-state index contributed by atoms with van der Waals surface area (Å²) in [6.07, 6.45) is 6.44. The number of amides is 2. The van der Waals surface area contributed by atoms with Gasteiger partial charge in [0, 0.05) is 11.5 Å². The van der Waals surface area contributed by atoms with Crippen LogP contribution in [0, 0.1) is 5.92 Å². The van der Waals surface area contributed by atoms with Crippen molar-refractivity contribution in [1.29, 1.82) is 0 Å². The number of carbonyl (C=O) groups is 2. The molecule has 0 heterocycles. The Kier molecular flexibility index (Phi) is 5.80. The van der Waals surface area contributed by atoms with Crippen LogP contribution in [-0.2, 0) is 4.79 Å². The lowest BCUT2D eigenvalue weighted by Crippen LogP contribution is -2.57. The maximum Gasteiger partial charge on any atom is 0.272 e. The lowest BCUT2D eigenvalue weighted by Gasteiger charge is -2.36. The summed E-state index contributed by atoms with van der Waals surface area (Å²) in [6, 6.07) is 9.10. The number of rotatable bonds is 2. The van der Waals surface area contributed by atoms with Gasteiger partial charge in [-0.2, -0.15) is 0 Å². The predicted molar refractivity (Wildman–Crippen MR) is 91.7 cm³/mol. The lowest BCUT2D eigenvalue weighted by atomic mass is 9.99. The van der Waals surface area contributed by atoms with Crippen molar-refractivity contribution in [3.05, 3.63) is 35.9 Å². The molecular weight excluding hydrogens is 288 g/mol. The molecule has 1 N–H and O–H groups in total. The van der Waals surface area contributed by atoms with Gasteiger partial charge < -0.3 is 0 Å². The summed E-state index contributed by atoms with van der Waals surface area (Å²) < 4.78 is 0. The molecule has 1 aliphatic rings. The van der Waals surface area contributed by atoms with E-state index in [2.05, 4.69) is 5.43 Å². The maximum absolute atomic E-state index is 12.8. The Balaban J connectivity index is 2.13. The van der Waals surface area contributed by atoms with Crippen LogP contribution in [0.2, 0.25) is 0 Å². The highest BCUT2D eigenvalue weighted by molar-refractivity contribution is 5.96. The van der Waals surface area contributed by atoms with Crippen molar-refractivity contribution in [2.24, 2.45) is 5.92 Å². The summed E-state index contributed by atoms with van der Waals surface area (Å²) >= 11 is 0. The Morgan fingerprint density at radius 3 is 2.09 bits per heavy atom. The smallest absolute Gasteiger partial charge is 0.272 e. The van der Waals surface area contributed by atoms with Crippen LogP contribution in [0.25, 0.3) is 0 Å². The van der Waals surface area contributed by atoms with E-state index in [0.717, 1.165) is 25.7 Å². The molecule has 0 saturated heterocycles. The summed E-state index contributed by atoms with van der Waals surface area (Å²) in [5.41, 5.74) is 3.01. The van der Waals surface area contributed by atoms with Gasteiger partial charge in [-0.1, -0.05) is 43.9 Å². The fourth-order valence-electron chi connectivity index (χ4n) is 2.98. The van der Waals surface area contributed by atoms with E-state index in [4.69, 9.17) is 0 Å². The number of carbonyl (C=O) groups excluding carboxylic acids is 2. The zero-order chi connectivity index (χ0) is 16.9. The molecule has 126 valence electrons. The zero-order valence-corrected chi connectivity index (χ0v) is 14.5. The van der Waals surface area contributed by atoms with Crippen LogP contribution in [-0.4, -0.2) is 22.4 Å². The van der Waals surface area contributed by atoms with E-state index in [0.29, 0.717) is 5.56 Å². The number of hydrogen-bond donors (Lipinski definition) is 1. The predicted octanol–water partition coefficient (Wildman–Crippen LogP) is 3.93. The number of nitrogens with zero attached hydrogens (tertiary/aromatic N) is 1. The van der Waals surface area contributed by atoms with E-state index in [1.807, 2.05) is 39.0 Å². The molecule has 0 spiro atoms. The Morgan fingerprint density at radius 2 is 1.57 bits per heavy atom. The van der Waals surface area contributed by atoms with Gasteiger partial charge in [-0.3, -0.25) is 15.0 Å². The molecule has 1 aromatic carbocycles. The summed E-state index contributed by atoms with van der Waals surface area (Å²) in [7, 11) is 0. The molecule has 4 nitrogen and oxygen atoms in total. The van der Waals surface area contributed by atoms with Gasteiger partial charge in [0.15, 0.2) is 0 Å². The van der Waals surface area contributed by atoms with Crippen molar-refractivity contribution in [2.45, 2.75) is 64.8 Å². The zero-order valence-electron chi connectivity index (χ0n) is 14.5. The van der Waals surface area contributed by atoms with Crippen LogP contribution in [0.5, 0.6) is 0 Å². The van der Waals surface area contributed by atoms with Gasteiger partial charge in [-0.15, -0.1) is 0 Å². The first-order chi connectivity index (χ1) is 10.9. The van der Waals surface area contributed by atoms with Crippen LogP contribution in [0.15, 0.2) is 30.3 Å². The van der Waals surface area contributed by atoms with Crippen LogP contribution < -0.4 is 5.43 Å². The highest BCUT2D eigenvalue weighted by Gasteiger charge is 2.31. The number of benzene rings is 1. The fraction of sp³-hybridized carbons (Fsp3) is 0.579. The lowest BCUT2D eigenvalue weighted by molar-refractivity contribution is -0.131. The number of nitrogens with one attached hydrogen (secondary N) is 1. The van der Waals surface area contributed by atoms with Crippen molar-refractivity contribution in [1.82, 2.24) is 10.4 Å². The van der Waals surface area contributed by atoms with Crippen LogP contribution in [0.3, 0.4) is 0 Å². The molecule has 23 heavy (non-hydrogen) atoms. The van der Waals surface area contributed by atoms with Crippen molar-refractivity contribution < 1.29 is 9.59 Å². The largest absolute Gasteiger partial charge is 0.273 e. The van der Waals surface area contributed by atoms with Crippen LogP contribution in [0.1, 0.15) is 69.7 Å². The third kappa shape index (κ3) is 4.81. The summed E-state index contributed by atoms with van der Waals surface area (Å²) in [5, 5.41) is 1.48. The highest BCUT2D eigenvalue weighted by atomic mass is 16.2. The van der Waals surface area contributed by atoms with E-state index in [1.54, 1.807) is 12.1 Å². The van der Waals surface area contributed by atoms with Crippen molar-refractivity contribution in [3.63, 3.8) is 0 Å². The molecule has 4 heteroatoms. The maximum atomic E-state index is 12.8. The number of hydrogen-bond acceptors (Lipinski definition) is 2. The molecule has 1 saturated carbocycles. The van der Waals surface area contributed by atoms with E-state index >= 15 is 0 Å². The van der Waals surface area contributed by atoms with Gasteiger partial charge in [-0.05, 0) is 45.7 Å². The summed E-state index contributed by atoms with van der Waals surface area (Å²) in [5.74, 6) is -0.169. The molecule has 0 aliphatic heterocycles. The van der Waals surface area contributed by atoms with Crippen LogP contribution in [0.4, 0.5) is 0 Å². The van der Waals surface area contributed by atoms with E-state index in [9.17, 15) is 9.59 Å². The highest BCUT2D eigenvalue weighted by Crippen LogP contribution is 2.24. The Bertz CT molecular complexity index is 526. The van der Waals surface area contributed by atoms with Crippen molar-refractivity contribution in [2.75, 3.05) is 0 Å². The molecule has 0 radical (unpaired) electrons. The van der Waals surface area contributed by atoms with Crippen molar-refractivity contribution >= 4 is 11.8 Å². The minimum Gasteiger partial charge on any atom is -0.273 e. The van der Waals surface area contributed by atoms with E-state index < -0.39 is 5.54 Å². The summed E-state index contributed by atoms with van der Waals surface area (Å²) in [4.78, 5) is 25.4. The van der Waals surface area contributed by atoms with Gasteiger partial charge in [0.25, 0.3) is 5.91 Å². The third-order valence-electron chi connectivity index (χ3n) is 4.34. The molecule has 1 fully saturated rings. The SMILES string of the molecule is CC(C)(C)N(NC(=O)C1CCCCCC1)C(=O)c1ccccc1. The molecule has 2 rings (SSSR count). The molecule has 0 aromatic heterocycles. The molecule has 2 amide bonds. The average Bonchev–Trinajstić information content (AvgIpc) is 2.81. The van der Waals surface area contributed by atoms with E-state index in [1.165, 1.54) is 17.9 Å². The summed E-state index contributed by atoms with van der Waals surface area (Å²) in [6.45, 7) is 5.80. The normalized spacial score (nSPS) is 16.5. The molecule has 0 unspecified atom stereocenters. The topological polar surface area (TPSA) is 49.4 Å². The van der Waals surface area contributed by atoms with Gasteiger partial charge in [0.2, 0.25) is 5.91 Å². The Morgan fingerprint density at radius 1 is 1.00 bits per heavy atom. The molecule has 0 bridgehead atoms. The molecule has 1 aliphatic carbocycles. The second-order valence-corrected chi connectivity index (χ2v) is 7.34. The molecular formula is C19H28N2O2. The Hall–Kier alpha value is -1.84. The number of hydrazine groups is 1. The van der Waals surface area contributed by atoms with Crippen LogP contribution >= 0.6 is 0 Å². The third-order valence-corrected chi connectivity index (χ3v) is 4.34. The second-order valence-electron chi connectivity index (χ2n) is 7.34. The van der Waals surface area contributed by atoms with Crippen molar-refractivity contribution in [3.8, 4) is 0 Å². The first-order valence-corrected chi connectivity index (χ1v) is 8.59. The fourth-order valence-corrected chi connectivity index (χ4v) is 2.98.